The van der Waals surface area contributed by atoms with Gasteiger partial charge in [0.2, 0.25) is 0 Å². The number of hydrogen-bond donors (Lipinski definition) is 2. The number of halogens is 1. The highest BCUT2D eigenvalue weighted by molar-refractivity contribution is 5.92. The number of rotatable bonds is 4. The van der Waals surface area contributed by atoms with E-state index in [0.717, 1.165) is 24.5 Å². The van der Waals surface area contributed by atoms with E-state index >= 15 is 0 Å². The summed E-state index contributed by atoms with van der Waals surface area (Å²) >= 11 is 0. The monoisotopic (exact) mass is 315 g/mol. The molecule has 0 saturated heterocycles. The van der Waals surface area contributed by atoms with Crippen molar-refractivity contribution in [2.24, 2.45) is 0 Å². The van der Waals surface area contributed by atoms with Gasteiger partial charge in [0, 0.05) is 6.07 Å². The second-order valence-corrected chi connectivity index (χ2v) is 5.97. The highest BCUT2D eigenvalue weighted by Gasteiger charge is 2.26. The Labute approximate surface area is 133 Å². The molecule has 0 aliphatic heterocycles. The molecule has 0 spiro atoms. The van der Waals surface area contributed by atoms with Crippen molar-refractivity contribution in [2.75, 3.05) is 0 Å². The number of nitrogens with one attached hydrogen (secondary N) is 2. The highest BCUT2D eigenvalue weighted by atomic mass is 19.1. The smallest absolute Gasteiger partial charge is 0.270 e. The lowest BCUT2D eigenvalue weighted by Gasteiger charge is -2.15. The summed E-state index contributed by atoms with van der Waals surface area (Å²) in [4.78, 5) is 30.1. The van der Waals surface area contributed by atoms with Gasteiger partial charge in [0.05, 0.1) is 6.04 Å². The van der Waals surface area contributed by atoms with E-state index in [1.165, 1.54) is 6.07 Å². The van der Waals surface area contributed by atoms with Crippen LogP contribution in [-0.2, 0) is 0 Å². The van der Waals surface area contributed by atoms with Crippen molar-refractivity contribution in [1.29, 1.82) is 0 Å². The maximum absolute atomic E-state index is 14.1. The first-order valence-electron chi connectivity index (χ1n) is 7.62. The third-order valence-corrected chi connectivity index (χ3v) is 3.98. The summed E-state index contributed by atoms with van der Waals surface area (Å²) < 4.78 is 14.1. The molecule has 1 aliphatic carbocycles. The minimum Gasteiger partial charge on any atom is -0.344 e. The van der Waals surface area contributed by atoms with Gasteiger partial charge in [-0.3, -0.25) is 9.59 Å². The molecule has 0 bridgehead atoms. The second kappa shape index (κ2) is 5.95. The van der Waals surface area contributed by atoms with Gasteiger partial charge in [-0.05, 0) is 49.8 Å². The molecule has 5 nitrogen and oxygen atoms in total. The number of benzene rings is 1. The Balaban J connectivity index is 1.75. The molecule has 1 aliphatic rings. The number of aromatic nitrogens is 2. The lowest BCUT2D eigenvalue weighted by molar-refractivity contribution is 0.0934. The van der Waals surface area contributed by atoms with Gasteiger partial charge in [0.25, 0.3) is 11.5 Å². The van der Waals surface area contributed by atoms with Crippen molar-refractivity contribution < 1.29 is 9.18 Å². The van der Waals surface area contributed by atoms with E-state index in [1.807, 2.05) is 6.07 Å². The standard InChI is InChI=1S/C17H18FN3O2/c1-9(12-5-6-13(11-3-4-11)14(18)7-12)19-17(23)15-8-16(22)21-10(2)20-15/h5-9,11H,3-4H2,1-2H3,(H,19,23)(H,20,21,22)/t9-/m1/s1. The summed E-state index contributed by atoms with van der Waals surface area (Å²) in [6.45, 7) is 3.37. The van der Waals surface area contributed by atoms with Crippen molar-refractivity contribution in [3.05, 3.63) is 63.1 Å². The maximum Gasteiger partial charge on any atom is 0.270 e. The third kappa shape index (κ3) is 3.47. The third-order valence-electron chi connectivity index (χ3n) is 3.98. The zero-order valence-corrected chi connectivity index (χ0v) is 13.0. The van der Waals surface area contributed by atoms with Crippen molar-refractivity contribution in [1.82, 2.24) is 15.3 Å². The Hall–Kier alpha value is -2.50. The van der Waals surface area contributed by atoms with E-state index in [1.54, 1.807) is 19.9 Å². The lowest BCUT2D eigenvalue weighted by atomic mass is 10.0. The Morgan fingerprint density at radius 2 is 2.13 bits per heavy atom. The number of aryl methyl sites for hydroxylation is 1. The van der Waals surface area contributed by atoms with Crippen molar-refractivity contribution in [3.63, 3.8) is 0 Å². The molecule has 6 heteroatoms. The molecule has 1 aromatic heterocycles. The fourth-order valence-electron chi connectivity index (χ4n) is 2.59. The van der Waals surface area contributed by atoms with E-state index in [2.05, 4.69) is 15.3 Å². The van der Waals surface area contributed by atoms with Crippen LogP contribution >= 0.6 is 0 Å². The number of hydrogen-bond acceptors (Lipinski definition) is 3. The molecule has 2 N–H and O–H groups in total. The molecule has 23 heavy (non-hydrogen) atoms. The minimum atomic E-state index is -0.460. The van der Waals surface area contributed by atoms with Gasteiger partial charge in [-0.25, -0.2) is 9.37 Å². The lowest BCUT2D eigenvalue weighted by Crippen LogP contribution is -2.29. The van der Waals surface area contributed by atoms with Crippen LogP contribution in [0.1, 0.15) is 59.2 Å². The Bertz CT molecular complexity index is 812. The Morgan fingerprint density at radius 3 is 2.74 bits per heavy atom. The van der Waals surface area contributed by atoms with Gasteiger partial charge >= 0.3 is 0 Å². The molecule has 1 heterocycles. The number of nitrogens with zero attached hydrogens (tertiary/aromatic N) is 1. The molecule has 1 saturated carbocycles. The summed E-state index contributed by atoms with van der Waals surface area (Å²) in [7, 11) is 0. The zero-order valence-electron chi connectivity index (χ0n) is 13.0. The summed E-state index contributed by atoms with van der Waals surface area (Å²) in [6, 6.07) is 5.85. The van der Waals surface area contributed by atoms with Crippen LogP contribution in [-0.4, -0.2) is 15.9 Å². The fourth-order valence-corrected chi connectivity index (χ4v) is 2.59. The SMILES string of the molecule is Cc1nc(C(=O)N[C@H](C)c2ccc(C3CC3)c(F)c2)cc(=O)[nH]1. The van der Waals surface area contributed by atoms with Crippen LogP contribution < -0.4 is 10.9 Å². The van der Waals surface area contributed by atoms with Gasteiger partial charge in [0.15, 0.2) is 0 Å². The summed E-state index contributed by atoms with van der Waals surface area (Å²) in [6.07, 6.45) is 2.08. The van der Waals surface area contributed by atoms with Crippen LogP contribution in [0.4, 0.5) is 4.39 Å². The first-order chi connectivity index (χ1) is 10.9. The molecule has 1 atom stereocenters. The van der Waals surface area contributed by atoms with E-state index < -0.39 is 5.91 Å². The highest BCUT2D eigenvalue weighted by Crippen LogP contribution is 2.41. The van der Waals surface area contributed by atoms with Gasteiger partial charge in [-0.15, -0.1) is 0 Å². The first kappa shape index (κ1) is 15.4. The van der Waals surface area contributed by atoms with Crippen LogP contribution in [0.5, 0.6) is 0 Å². The van der Waals surface area contributed by atoms with Crippen molar-refractivity contribution >= 4 is 5.91 Å². The molecule has 120 valence electrons. The average molecular weight is 315 g/mol. The van der Waals surface area contributed by atoms with Crippen LogP contribution in [0.3, 0.4) is 0 Å². The normalized spacial score (nSPS) is 15.3. The van der Waals surface area contributed by atoms with E-state index in [4.69, 9.17) is 0 Å². The van der Waals surface area contributed by atoms with Crippen LogP contribution in [0.25, 0.3) is 0 Å². The quantitative estimate of drug-likeness (QED) is 0.910. The summed E-state index contributed by atoms with van der Waals surface area (Å²) in [5.41, 5.74) is 1.10. The van der Waals surface area contributed by atoms with E-state index in [0.29, 0.717) is 17.3 Å². The molecule has 3 rings (SSSR count). The Morgan fingerprint density at radius 1 is 1.39 bits per heavy atom. The average Bonchev–Trinajstić information content (AvgIpc) is 3.30. The fraction of sp³-hybridized carbons (Fsp3) is 0.353. The van der Waals surface area contributed by atoms with E-state index in [9.17, 15) is 14.0 Å². The molecular weight excluding hydrogens is 297 g/mol. The predicted octanol–water partition coefficient (Wildman–Crippen LogP) is 2.59. The molecule has 1 amide bonds. The molecule has 2 aromatic rings. The van der Waals surface area contributed by atoms with Crippen LogP contribution in [0, 0.1) is 12.7 Å². The molecular formula is C17H18FN3O2. The first-order valence-corrected chi connectivity index (χ1v) is 7.62. The molecule has 1 aromatic carbocycles. The number of carbonyl (C=O) groups is 1. The zero-order chi connectivity index (χ0) is 16.6. The van der Waals surface area contributed by atoms with Gasteiger partial charge in [-0.2, -0.15) is 0 Å². The number of aromatic amines is 1. The topological polar surface area (TPSA) is 74.8 Å². The largest absolute Gasteiger partial charge is 0.344 e. The Kier molecular flexibility index (Phi) is 3.98. The minimum absolute atomic E-state index is 0.0492. The predicted molar refractivity (Wildman–Crippen MR) is 83.9 cm³/mol. The van der Waals surface area contributed by atoms with Crippen molar-refractivity contribution in [2.45, 2.75) is 38.6 Å². The number of carbonyl (C=O) groups excluding carboxylic acids is 1. The maximum atomic E-state index is 14.1. The molecule has 0 unspecified atom stereocenters. The number of amides is 1. The van der Waals surface area contributed by atoms with Crippen LogP contribution in [0.15, 0.2) is 29.1 Å². The van der Waals surface area contributed by atoms with Gasteiger partial charge in [0.1, 0.15) is 17.3 Å². The second-order valence-electron chi connectivity index (χ2n) is 5.97. The molecule has 1 fully saturated rings. The number of H-pyrrole nitrogens is 1. The van der Waals surface area contributed by atoms with Crippen LogP contribution in [0.2, 0.25) is 0 Å². The summed E-state index contributed by atoms with van der Waals surface area (Å²) in [5.74, 6) is 0.0295. The molecule has 0 radical (unpaired) electrons. The summed E-state index contributed by atoms with van der Waals surface area (Å²) in [5, 5.41) is 2.74. The van der Waals surface area contributed by atoms with Gasteiger partial charge < -0.3 is 10.3 Å². The van der Waals surface area contributed by atoms with E-state index in [-0.39, 0.29) is 23.1 Å². The van der Waals surface area contributed by atoms with Crippen molar-refractivity contribution in [3.8, 4) is 0 Å². The van der Waals surface area contributed by atoms with Gasteiger partial charge in [-0.1, -0.05) is 12.1 Å².